The van der Waals surface area contributed by atoms with Crippen molar-refractivity contribution in [2.75, 3.05) is 26.2 Å². The molecule has 0 saturated heterocycles. The first-order chi connectivity index (χ1) is 12.0. The molecular formula is C18H38IN7. The fourth-order valence-corrected chi connectivity index (χ4v) is 2.86. The number of hydrogen-bond acceptors (Lipinski definition) is 4. The number of nitrogens with zero attached hydrogens (tertiary/aromatic N) is 5. The van der Waals surface area contributed by atoms with E-state index in [0.29, 0.717) is 12.1 Å². The Morgan fingerprint density at radius 3 is 2.27 bits per heavy atom. The molecule has 0 amide bonds. The highest BCUT2D eigenvalue weighted by molar-refractivity contribution is 14.0. The van der Waals surface area contributed by atoms with Gasteiger partial charge in [0.15, 0.2) is 5.96 Å². The zero-order valence-electron chi connectivity index (χ0n) is 17.1. The summed E-state index contributed by atoms with van der Waals surface area (Å²) < 4.78 is 2.01. The lowest BCUT2D eigenvalue weighted by atomic mass is 10.2. The molecule has 0 spiro atoms. The normalized spacial score (nSPS) is 11.9. The summed E-state index contributed by atoms with van der Waals surface area (Å²) in [5.41, 5.74) is 0. The van der Waals surface area contributed by atoms with Crippen LogP contribution in [0.3, 0.4) is 0 Å². The predicted molar refractivity (Wildman–Crippen MR) is 120 cm³/mol. The van der Waals surface area contributed by atoms with Crippen molar-refractivity contribution in [2.24, 2.45) is 4.99 Å². The number of unbranched alkanes of at least 4 members (excludes halogenated alkanes) is 1. The van der Waals surface area contributed by atoms with E-state index in [1.165, 1.54) is 0 Å². The van der Waals surface area contributed by atoms with Gasteiger partial charge < -0.3 is 15.2 Å². The molecule has 0 saturated carbocycles. The van der Waals surface area contributed by atoms with Crippen molar-refractivity contribution in [3.63, 3.8) is 0 Å². The Hall–Kier alpha value is -0.900. The monoisotopic (exact) mass is 479 g/mol. The third-order valence-corrected chi connectivity index (χ3v) is 4.12. The van der Waals surface area contributed by atoms with Crippen molar-refractivity contribution in [1.82, 2.24) is 30.3 Å². The summed E-state index contributed by atoms with van der Waals surface area (Å²) in [5, 5.41) is 14.4. The van der Waals surface area contributed by atoms with E-state index < -0.39 is 0 Å². The van der Waals surface area contributed by atoms with E-state index in [4.69, 9.17) is 4.99 Å². The molecular weight excluding hydrogens is 441 g/mol. The van der Waals surface area contributed by atoms with Crippen LogP contribution in [-0.4, -0.2) is 63.9 Å². The molecule has 1 rings (SSSR count). The second kappa shape index (κ2) is 15.2. The molecule has 1 aromatic rings. The van der Waals surface area contributed by atoms with Gasteiger partial charge in [0.2, 0.25) is 0 Å². The minimum absolute atomic E-state index is 0. The Bertz CT molecular complexity index is 452. The summed E-state index contributed by atoms with van der Waals surface area (Å²) in [6.07, 6.45) is 6.80. The standard InChI is InChI=1S/C18H37N7.HI/c1-6-19-18(20-10-7-8-12-24-14-22-23-15-24)21-11-9-13-25(16(2)3)17(4)5;/h14-17H,6-13H2,1-5H3,(H2,19,20,21);1H. The zero-order chi connectivity index (χ0) is 18.5. The number of guanidine groups is 1. The third-order valence-electron chi connectivity index (χ3n) is 4.12. The molecule has 1 heterocycles. The number of aromatic nitrogens is 3. The molecule has 0 aliphatic rings. The lowest BCUT2D eigenvalue weighted by molar-refractivity contribution is 0.174. The minimum atomic E-state index is 0. The van der Waals surface area contributed by atoms with Gasteiger partial charge in [-0.05, 0) is 53.9 Å². The van der Waals surface area contributed by atoms with Crippen LogP contribution in [0, 0.1) is 0 Å². The zero-order valence-corrected chi connectivity index (χ0v) is 19.4. The van der Waals surface area contributed by atoms with E-state index >= 15 is 0 Å². The number of aryl methyl sites for hydroxylation is 1. The summed E-state index contributed by atoms with van der Waals surface area (Å²) >= 11 is 0. The fourth-order valence-electron chi connectivity index (χ4n) is 2.86. The minimum Gasteiger partial charge on any atom is -0.357 e. The van der Waals surface area contributed by atoms with Crippen LogP contribution in [0.25, 0.3) is 0 Å². The van der Waals surface area contributed by atoms with E-state index in [-0.39, 0.29) is 24.0 Å². The first kappa shape index (κ1) is 25.1. The van der Waals surface area contributed by atoms with Crippen molar-refractivity contribution in [3.05, 3.63) is 12.7 Å². The van der Waals surface area contributed by atoms with Crippen LogP contribution in [-0.2, 0) is 6.54 Å². The van der Waals surface area contributed by atoms with Crippen molar-refractivity contribution in [3.8, 4) is 0 Å². The van der Waals surface area contributed by atoms with E-state index in [1.807, 2.05) is 4.57 Å². The molecule has 2 N–H and O–H groups in total. The van der Waals surface area contributed by atoms with Crippen LogP contribution in [0.15, 0.2) is 17.6 Å². The van der Waals surface area contributed by atoms with Gasteiger partial charge in [-0.25, -0.2) is 0 Å². The summed E-state index contributed by atoms with van der Waals surface area (Å²) in [6.45, 7) is 15.9. The number of rotatable bonds is 12. The molecule has 0 atom stereocenters. The summed E-state index contributed by atoms with van der Waals surface area (Å²) in [5.74, 6) is 0.924. The second-order valence-corrected chi connectivity index (χ2v) is 6.87. The quantitative estimate of drug-likeness (QED) is 0.209. The Morgan fingerprint density at radius 2 is 1.69 bits per heavy atom. The van der Waals surface area contributed by atoms with Gasteiger partial charge in [0.25, 0.3) is 0 Å². The highest BCUT2D eigenvalue weighted by Gasteiger charge is 2.12. The summed E-state index contributed by atoms with van der Waals surface area (Å²) in [4.78, 5) is 7.21. The summed E-state index contributed by atoms with van der Waals surface area (Å²) in [7, 11) is 0. The second-order valence-electron chi connectivity index (χ2n) is 6.87. The first-order valence-electron chi connectivity index (χ1n) is 9.65. The van der Waals surface area contributed by atoms with Gasteiger partial charge >= 0.3 is 0 Å². The highest BCUT2D eigenvalue weighted by atomic mass is 127. The van der Waals surface area contributed by atoms with Crippen LogP contribution >= 0.6 is 24.0 Å². The molecule has 1 aromatic heterocycles. The lowest BCUT2D eigenvalue weighted by Crippen LogP contribution is -2.39. The van der Waals surface area contributed by atoms with Crippen LogP contribution in [0.1, 0.15) is 53.9 Å². The maximum atomic E-state index is 4.69. The summed E-state index contributed by atoms with van der Waals surface area (Å²) in [6, 6.07) is 1.17. The van der Waals surface area contributed by atoms with Crippen LogP contribution in [0.4, 0.5) is 0 Å². The van der Waals surface area contributed by atoms with E-state index in [2.05, 4.69) is 60.3 Å². The molecule has 0 radical (unpaired) electrons. The van der Waals surface area contributed by atoms with Gasteiger partial charge in [-0.1, -0.05) is 0 Å². The number of hydrogen-bond donors (Lipinski definition) is 2. The first-order valence-corrected chi connectivity index (χ1v) is 9.65. The smallest absolute Gasteiger partial charge is 0.191 e. The van der Waals surface area contributed by atoms with Crippen molar-refractivity contribution < 1.29 is 0 Å². The fraction of sp³-hybridized carbons (Fsp3) is 0.833. The largest absolute Gasteiger partial charge is 0.357 e. The van der Waals surface area contributed by atoms with Gasteiger partial charge in [0.1, 0.15) is 12.7 Å². The maximum absolute atomic E-state index is 4.69. The average molecular weight is 479 g/mol. The third kappa shape index (κ3) is 10.9. The topological polar surface area (TPSA) is 70.4 Å². The van der Waals surface area contributed by atoms with Gasteiger partial charge in [0, 0.05) is 44.8 Å². The molecule has 26 heavy (non-hydrogen) atoms. The maximum Gasteiger partial charge on any atom is 0.191 e. The van der Waals surface area contributed by atoms with Gasteiger partial charge in [-0.3, -0.25) is 9.89 Å². The van der Waals surface area contributed by atoms with E-state index in [9.17, 15) is 0 Å². The molecule has 0 bridgehead atoms. The van der Waals surface area contributed by atoms with Crippen molar-refractivity contribution in [1.29, 1.82) is 0 Å². The number of halogens is 1. The van der Waals surface area contributed by atoms with Crippen molar-refractivity contribution >= 4 is 29.9 Å². The Morgan fingerprint density at radius 1 is 1.04 bits per heavy atom. The molecule has 7 nitrogen and oxygen atoms in total. The Balaban J connectivity index is 0.00000625. The van der Waals surface area contributed by atoms with Crippen LogP contribution < -0.4 is 10.6 Å². The van der Waals surface area contributed by atoms with Crippen molar-refractivity contribution in [2.45, 2.75) is 72.5 Å². The Labute approximate surface area is 176 Å². The molecule has 0 unspecified atom stereocenters. The predicted octanol–water partition coefficient (Wildman–Crippen LogP) is 2.74. The molecule has 8 heteroatoms. The molecule has 0 aliphatic carbocycles. The van der Waals surface area contributed by atoms with Gasteiger partial charge in [-0.2, -0.15) is 0 Å². The van der Waals surface area contributed by atoms with Gasteiger partial charge in [0.05, 0.1) is 0 Å². The van der Waals surface area contributed by atoms with E-state index in [1.54, 1.807) is 12.7 Å². The number of nitrogens with one attached hydrogen (secondary N) is 2. The molecule has 0 aromatic carbocycles. The lowest BCUT2D eigenvalue weighted by Gasteiger charge is -2.30. The highest BCUT2D eigenvalue weighted by Crippen LogP contribution is 2.05. The van der Waals surface area contributed by atoms with E-state index in [0.717, 1.165) is 57.9 Å². The SMILES string of the molecule is CCNC(=NCCCN(C(C)C)C(C)C)NCCCCn1cnnc1.I. The van der Waals surface area contributed by atoms with Crippen LogP contribution in [0.5, 0.6) is 0 Å². The van der Waals surface area contributed by atoms with Crippen LogP contribution in [0.2, 0.25) is 0 Å². The average Bonchev–Trinajstić information content (AvgIpc) is 3.06. The Kier molecular flexibility index (Phi) is 14.7. The number of aliphatic imine (C=N–C) groups is 1. The molecule has 0 aliphatic heterocycles. The molecule has 152 valence electrons. The van der Waals surface area contributed by atoms with Gasteiger partial charge in [-0.15, -0.1) is 34.2 Å². The molecule has 0 fully saturated rings.